The van der Waals surface area contributed by atoms with Gasteiger partial charge < -0.3 is 34.8 Å². The molecule has 0 aliphatic carbocycles. The smallest absolute Gasteiger partial charge is 0.325 e. The SMILES string of the molecule is C1COCO1.NC1(C(=O)c2cccc(F)c2)C=CN([C@@H]2O[C@H](CO)[C@@H](O)[C@H]2O)C(=O)N1. The maximum atomic E-state index is 13.3. The molecule has 1 aromatic carbocycles. The number of ether oxygens (including phenoxy) is 3. The molecule has 6 N–H and O–H groups in total. The van der Waals surface area contributed by atoms with Crippen LogP contribution in [0.25, 0.3) is 0 Å². The first-order valence-corrected chi connectivity index (χ1v) is 9.44. The molecule has 0 saturated carbocycles. The van der Waals surface area contributed by atoms with Gasteiger partial charge in [0.15, 0.2) is 11.9 Å². The molecule has 170 valence electrons. The zero-order valence-corrected chi connectivity index (χ0v) is 16.4. The van der Waals surface area contributed by atoms with Gasteiger partial charge in [0, 0.05) is 11.8 Å². The highest BCUT2D eigenvalue weighted by molar-refractivity contribution is 6.06. The number of ketones is 1. The average molecular weight is 441 g/mol. The van der Waals surface area contributed by atoms with Crippen molar-refractivity contribution in [3.8, 4) is 0 Å². The fourth-order valence-electron chi connectivity index (χ4n) is 3.15. The van der Waals surface area contributed by atoms with Gasteiger partial charge in [0.05, 0.1) is 19.8 Å². The number of rotatable bonds is 4. The minimum Gasteiger partial charge on any atom is -0.394 e. The molecule has 0 radical (unpaired) electrons. The summed E-state index contributed by atoms with van der Waals surface area (Å²) in [6, 6.07) is 3.99. The molecule has 4 rings (SSSR count). The quantitative estimate of drug-likeness (QED) is 0.355. The molecule has 5 atom stereocenters. The summed E-state index contributed by atoms with van der Waals surface area (Å²) in [5, 5.41) is 31.2. The Morgan fingerprint density at radius 3 is 2.52 bits per heavy atom. The van der Waals surface area contributed by atoms with Gasteiger partial charge >= 0.3 is 6.03 Å². The Balaban J connectivity index is 0.000000478. The number of benzene rings is 1. The van der Waals surface area contributed by atoms with Gasteiger partial charge in [-0.3, -0.25) is 15.4 Å². The van der Waals surface area contributed by atoms with Crippen LogP contribution in [0.4, 0.5) is 9.18 Å². The summed E-state index contributed by atoms with van der Waals surface area (Å²) >= 11 is 0. The van der Waals surface area contributed by atoms with Crippen LogP contribution in [-0.2, 0) is 14.2 Å². The number of nitrogens with one attached hydrogen (secondary N) is 1. The molecule has 0 spiro atoms. The number of aliphatic hydroxyl groups excluding tert-OH is 3. The lowest BCUT2D eigenvalue weighted by molar-refractivity contribution is -0.0666. The van der Waals surface area contributed by atoms with E-state index in [1.807, 2.05) is 0 Å². The monoisotopic (exact) mass is 441 g/mol. The molecule has 3 aliphatic rings. The fourth-order valence-corrected chi connectivity index (χ4v) is 3.15. The van der Waals surface area contributed by atoms with Gasteiger partial charge in [0.2, 0.25) is 5.78 Å². The van der Waals surface area contributed by atoms with E-state index in [1.54, 1.807) is 0 Å². The van der Waals surface area contributed by atoms with Crippen LogP contribution in [0.2, 0.25) is 0 Å². The van der Waals surface area contributed by atoms with Crippen molar-refractivity contribution in [2.24, 2.45) is 5.73 Å². The lowest BCUT2D eigenvalue weighted by atomic mass is 9.97. The van der Waals surface area contributed by atoms with E-state index in [0.717, 1.165) is 36.5 Å². The van der Waals surface area contributed by atoms with Gasteiger partial charge in [-0.05, 0) is 18.2 Å². The van der Waals surface area contributed by atoms with Crippen molar-refractivity contribution in [2.75, 3.05) is 26.6 Å². The number of halogens is 1. The molecule has 12 heteroatoms. The van der Waals surface area contributed by atoms with Crippen LogP contribution in [0.5, 0.6) is 0 Å². The first-order chi connectivity index (χ1) is 14.8. The second-order valence-electron chi connectivity index (χ2n) is 7.02. The van der Waals surface area contributed by atoms with Crippen molar-refractivity contribution in [1.82, 2.24) is 10.2 Å². The standard InChI is InChI=1S/C16H18FN3O6.C3H6O2/c17-9-3-1-2-8(6-9)13(24)16(18)4-5-20(15(25)19-16)14-12(23)11(22)10(7-21)26-14;1-2-5-3-4-1/h1-6,10-12,14,21-23H,7,18H2,(H,19,25);1-3H2/t10-,11-,12-,14-,16?;/m1./s1. The van der Waals surface area contributed by atoms with E-state index in [2.05, 4.69) is 5.32 Å². The summed E-state index contributed by atoms with van der Waals surface area (Å²) in [5.74, 6) is -1.36. The van der Waals surface area contributed by atoms with Crippen LogP contribution in [-0.4, -0.2) is 88.9 Å². The maximum Gasteiger partial charge on any atom is 0.325 e. The minimum absolute atomic E-state index is 0.0289. The van der Waals surface area contributed by atoms with Crippen LogP contribution >= 0.6 is 0 Å². The van der Waals surface area contributed by atoms with E-state index >= 15 is 0 Å². The van der Waals surface area contributed by atoms with E-state index in [1.165, 1.54) is 18.2 Å². The number of carbonyl (C=O) groups excluding carboxylic acids is 2. The second-order valence-corrected chi connectivity index (χ2v) is 7.02. The van der Waals surface area contributed by atoms with E-state index in [0.29, 0.717) is 6.79 Å². The molecule has 2 amide bonds. The molecular formula is C19H24FN3O8. The molecule has 3 heterocycles. The molecule has 3 aliphatic heterocycles. The first-order valence-electron chi connectivity index (χ1n) is 9.44. The largest absolute Gasteiger partial charge is 0.394 e. The van der Waals surface area contributed by atoms with Crippen LogP contribution in [0.3, 0.4) is 0 Å². The third-order valence-electron chi connectivity index (χ3n) is 4.84. The van der Waals surface area contributed by atoms with Crippen molar-refractivity contribution < 1.29 is 43.5 Å². The Bertz CT molecular complexity index is 829. The third kappa shape index (κ3) is 5.07. The Morgan fingerprint density at radius 1 is 1.29 bits per heavy atom. The van der Waals surface area contributed by atoms with Gasteiger partial charge in [-0.25, -0.2) is 9.18 Å². The predicted molar refractivity (Wildman–Crippen MR) is 102 cm³/mol. The zero-order valence-electron chi connectivity index (χ0n) is 16.4. The number of nitrogens with zero attached hydrogens (tertiary/aromatic N) is 1. The molecule has 31 heavy (non-hydrogen) atoms. The van der Waals surface area contributed by atoms with Crippen LogP contribution in [0.15, 0.2) is 36.5 Å². The summed E-state index contributed by atoms with van der Waals surface area (Å²) in [5.41, 5.74) is 4.00. The van der Waals surface area contributed by atoms with Gasteiger partial charge in [-0.2, -0.15) is 0 Å². The minimum atomic E-state index is -1.92. The first kappa shape index (κ1) is 23.2. The van der Waals surface area contributed by atoms with E-state index in [-0.39, 0.29) is 5.56 Å². The topological polar surface area (TPSA) is 164 Å². The zero-order chi connectivity index (χ0) is 22.6. The molecule has 1 unspecified atom stereocenters. The van der Waals surface area contributed by atoms with Crippen LogP contribution in [0.1, 0.15) is 10.4 Å². The van der Waals surface area contributed by atoms with Crippen molar-refractivity contribution in [1.29, 1.82) is 0 Å². The number of amides is 2. The van der Waals surface area contributed by atoms with Crippen molar-refractivity contribution >= 4 is 11.8 Å². The van der Waals surface area contributed by atoms with Crippen LogP contribution < -0.4 is 11.1 Å². The van der Waals surface area contributed by atoms with Crippen LogP contribution in [0, 0.1) is 5.82 Å². The van der Waals surface area contributed by atoms with E-state index in [4.69, 9.17) is 25.1 Å². The molecule has 0 bridgehead atoms. The molecular weight excluding hydrogens is 417 g/mol. The van der Waals surface area contributed by atoms with Crippen molar-refractivity contribution in [3.63, 3.8) is 0 Å². The highest BCUT2D eigenvalue weighted by Crippen LogP contribution is 2.26. The van der Waals surface area contributed by atoms with Crippen molar-refractivity contribution in [3.05, 3.63) is 47.9 Å². The highest BCUT2D eigenvalue weighted by Gasteiger charge is 2.48. The lowest BCUT2D eigenvalue weighted by Gasteiger charge is -2.36. The third-order valence-corrected chi connectivity index (χ3v) is 4.84. The fraction of sp³-hybridized carbons (Fsp3) is 0.474. The average Bonchev–Trinajstić information content (AvgIpc) is 3.41. The number of aliphatic hydroxyl groups is 3. The van der Waals surface area contributed by atoms with E-state index < -0.39 is 54.4 Å². The summed E-state index contributed by atoms with van der Waals surface area (Å²) in [7, 11) is 0. The number of urea groups is 1. The molecule has 0 aromatic heterocycles. The van der Waals surface area contributed by atoms with Crippen molar-refractivity contribution in [2.45, 2.75) is 30.2 Å². The lowest BCUT2D eigenvalue weighted by Crippen LogP contribution is -2.66. The van der Waals surface area contributed by atoms with Gasteiger partial charge in [-0.15, -0.1) is 0 Å². The molecule has 2 fully saturated rings. The highest BCUT2D eigenvalue weighted by atomic mass is 19.1. The molecule has 1 aromatic rings. The van der Waals surface area contributed by atoms with Gasteiger partial charge in [-0.1, -0.05) is 12.1 Å². The summed E-state index contributed by atoms with van der Waals surface area (Å²) in [6.07, 6.45) is -2.88. The Kier molecular flexibility index (Phi) is 7.33. The summed E-state index contributed by atoms with van der Waals surface area (Å²) < 4.78 is 28.0. The van der Waals surface area contributed by atoms with E-state index in [9.17, 15) is 24.2 Å². The Hall–Kier alpha value is -2.45. The maximum absolute atomic E-state index is 13.3. The number of hydrogen-bond acceptors (Lipinski definition) is 9. The Morgan fingerprint density at radius 2 is 2.00 bits per heavy atom. The Labute approximate surface area is 176 Å². The number of nitrogens with two attached hydrogens (primary N) is 1. The van der Waals surface area contributed by atoms with Gasteiger partial charge in [0.25, 0.3) is 0 Å². The molecule has 2 saturated heterocycles. The molecule has 11 nitrogen and oxygen atoms in total. The summed E-state index contributed by atoms with van der Waals surface area (Å²) in [4.78, 5) is 25.8. The van der Waals surface area contributed by atoms with Gasteiger partial charge in [0.1, 0.15) is 30.9 Å². The normalized spacial score (nSPS) is 32.4. The number of Topliss-reactive ketones (excluding diaryl/α,β-unsaturated/α-hetero) is 1. The summed E-state index contributed by atoms with van der Waals surface area (Å²) in [6.45, 7) is 1.51. The number of hydrogen-bond donors (Lipinski definition) is 5. The second kappa shape index (κ2) is 9.78. The predicted octanol–water partition coefficient (Wildman–Crippen LogP) is -1.37. The number of carbonyl (C=O) groups is 2.